The first-order valence-electron chi connectivity index (χ1n) is 5.81. The fraction of sp³-hybridized carbons (Fsp3) is 0.188. The Morgan fingerprint density at radius 3 is 2.17 bits per heavy atom. The summed E-state index contributed by atoms with van der Waals surface area (Å²) in [6.07, 6.45) is 0. The molecule has 0 unspecified atom stereocenters. The van der Waals surface area contributed by atoms with E-state index in [0.29, 0.717) is 0 Å². The molecule has 0 aliphatic rings. The van der Waals surface area contributed by atoms with Crippen LogP contribution in [-0.2, 0) is 0 Å². The smallest absolute Gasteiger partial charge is 0.100 e. The van der Waals surface area contributed by atoms with Crippen LogP contribution in [0.2, 0.25) is 0 Å². The van der Waals surface area contributed by atoms with Crippen molar-refractivity contribution in [2.75, 3.05) is 0 Å². The summed E-state index contributed by atoms with van der Waals surface area (Å²) in [5.41, 5.74) is 6.32. The van der Waals surface area contributed by atoms with Gasteiger partial charge in [-0.05, 0) is 55.2 Å². The maximum atomic E-state index is 9.40. The SMILES string of the molecule is Cc1cc(C)c(-c2ccc(Br)cc2)c(C#N)c1C. The molecule has 2 heteroatoms. The summed E-state index contributed by atoms with van der Waals surface area (Å²) in [6, 6.07) is 12.6. The lowest BCUT2D eigenvalue weighted by atomic mass is 9.90. The van der Waals surface area contributed by atoms with E-state index in [4.69, 9.17) is 0 Å². The second-order valence-electron chi connectivity index (χ2n) is 4.50. The van der Waals surface area contributed by atoms with Crippen molar-refractivity contribution >= 4 is 15.9 Å². The zero-order valence-electron chi connectivity index (χ0n) is 10.7. The molecule has 90 valence electrons. The lowest BCUT2D eigenvalue weighted by molar-refractivity contribution is 1.27. The van der Waals surface area contributed by atoms with Crippen LogP contribution in [-0.4, -0.2) is 0 Å². The average Bonchev–Trinajstić information content (AvgIpc) is 2.35. The molecule has 0 aromatic heterocycles. The molecule has 0 aliphatic carbocycles. The molecule has 2 aromatic rings. The van der Waals surface area contributed by atoms with Crippen LogP contribution in [0.15, 0.2) is 34.8 Å². The minimum absolute atomic E-state index is 0.787. The standard InChI is InChI=1S/C16H14BrN/c1-10-8-11(2)16(15(9-18)12(10)3)13-4-6-14(17)7-5-13/h4-8H,1-3H3. The van der Waals surface area contributed by atoms with Gasteiger partial charge in [0.05, 0.1) is 5.56 Å². The van der Waals surface area contributed by atoms with Crippen LogP contribution in [0.1, 0.15) is 22.3 Å². The Morgan fingerprint density at radius 2 is 1.61 bits per heavy atom. The molecular weight excluding hydrogens is 286 g/mol. The number of hydrogen-bond donors (Lipinski definition) is 0. The fourth-order valence-electron chi connectivity index (χ4n) is 2.22. The van der Waals surface area contributed by atoms with Crippen LogP contribution in [0.4, 0.5) is 0 Å². The van der Waals surface area contributed by atoms with Crippen LogP contribution >= 0.6 is 15.9 Å². The molecule has 2 aromatic carbocycles. The van der Waals surface area contributed by atoms with Crippen LogP contribution < -0.4 is 0 Å². The minimum Gasteiger partial charge on any atom is -0.192 e. The monoisotopic (exact) mass is 299 g/mol. The van der Waals surface area contributed by atoms with E-state index in [2.05, 4.69) is 41.9 Å². The zero-order chi connectivity index (χ0) is 13.3. The number of rotatable bonds is 1. The third-order valence-corrected chi connectivity index (χ3v) is 3.82. The number of halogens is 1. The predicted octanol–water partition coefficient (Wildman–Crippen LogP) is 4.91. The highest BCUT2D eigenvalue weighted by atomic mass is 79.9. The van der Waals surface area contributed by atoms with Gasteiger partial charge in [-0.2, -0.15) is 5.26 Å². The molecule has 0 atom stereocenters. The number of hydrogen-bond acceptors (Lipinski definition) is 1. The molecule has 0 N–H and O–H groups in total. The molecule has 0 radical (unpaired) electrons. The fourth-order valence-corrected chi connectivity index (χ4v) is 2.48. The Kier molecular flexibility index (Phi) is 3.54. The van der Waals surface area contributed by atoms with Crippen molar-refractivity contribution in [1.82, 2.24) is 0 Å². The van der Waals surface area contributed by atoms with Gasteiger partial charge in [-0.15, -0.1) is 0 Å². The average molecular weight is 300 g/mol. The number of nitriles is 1. The van der Waals surface area contributed by atoms with Gasteiger partial charge in [0, 0.05) is 10.0 Å². The first kappa shape index (κ1) is 12.9. The first-order valence-corrected chi connectivity index (χ1v) is 6.60. The van der Waals surface area contributed by atoms with Gasteiger partial charge < -0.3 is 0 Å². The molecule has 0 bridgehead atoms. The van der Waals surface area contributed by atoms with E-state index in [1.165, 1.54) is 5.56 Å². The van der Waals surface area contributed by atoms with E-state index in [9.17, 15) is 5.26 Å². The molecule has 0 saturated carbocycles. The summed E-state index contributed by atoms with van der Waals surface area (Å²) < 4.78 is 1.05. The second kappa shape index (κ2) is 4.96. The Bertz CT molecular complexity index is 634. The van der Waals surface area contributed by atoms with Gasteiger partial charge in [-0.25, -0.2) is 0 Å². The van der Waals surface area contributed by atoms with Crippen molar-refractivity contribution in [3.8, 4) is 17.2 Å². The van der Waals surface area contributed by atoms with Gasteiger partial charge in [0.15, 0.2) is 0 Å². The van der Waals surface area contributed by atoms with Gasteiger partial charge in [-0.3, -0.25) is 0 Å². The molecule has 1 nitrogen and oxygen atoms in total. The summed E-state index contributed by atoms with van der Waals surface area (Å²) in [6.45, 7) is 6.12. The highest BCUT2D eigenvalue weighted by molar-refractivity contribution is 9.10. The number of benzene rings is 2. The summed E-state index contributed by atoms with van der Waals surface area (Å²) in [5.74, 6) is 0. The minimum atomic E-state index is 0.787. The Hall–Kier alpha value is -1.59. The largest absolute Gasteiger partial charge is 0.192 e. The summed E-state index contributed by atoms with van der Waals surface area (Å²) in [4.78, 5) is 0. The quantitative estimate of drug-likeness (QED) is 0.734. The highest BCUT2D eigenvalue weighted by Crippen LogP contribution is 2.31. The van der Waals surface area contributed by atoms with Crippen molar-refractivity contribution < 1.29 is 0 Å². The van der Waals surface area contributed by atoms with Crippen LogP contribution in [0, 0.1) is 32.1 Å². The Morgan fingerprint density at radius 1 is 1.00 bits per heavy atom. The molecule has 0 heterocycles. The van der Waals surface area contributed by atoms with E-state index >= 15 is 0 Å². The van der Waals surface area contributed by atoms with Crippen molar-refractivity contribution in [3.05, 3.63) is 57.1 Å². The molecule has 0 spiro atoms. The van der Waals surface area contributed by atoms with E-state index in [1.807, 2.05) is 31.2 Å². The molecule has 0 fully saturated rings. The van der Waals surface area contributed by atoms with E-state index in [1.54, 1.807) is 0 Å². The third-order valence-electron chi connectivity index (χ3n) is 3.29. The van der Waals surface area contributed by atoms with E-state index in [-0.39, 0.29) is 0 Å². The van der Waals surface area contributed by atoms with Crippen molar-refractivity contribution in [1.29, 1.82) is 5.26 Å². The Labute approximate surface area is 116 Å². The van der Waals surface area contributed by atoms with E-state index in [0.717, 1.165) is 32.3 Å². The normalized spacial score (nSPS) is 10.2. The summed E-state index contributed by atoms with van der Waals surface area (Å²) in [5, 5.41) is 9.40. The maximum absolute atomic E-state index is 9.40. The summed E-state index contributed by atoms with van der Waals surface area (Å²) in [7, 11) is 0. The maximum Gasteiger partial charge on any atom is 0.100 e. The van der Waals surface area contributed by atoms with E-state index < -0.39 is 0 Å². The van der Waals surface area contributed by atoms with Crippen molar-refractivity contribution in [2.45, 2.75) is 20.8 Å². The molecular formula is C16H14BrN. The van der Waals surface area contributed by atoms with Crippen LogP contribution in [0.3, 0.4) is 0 Å². The zero-order valence-corrected chi connectivity index (χ0v) is 12.3. The molecule has 0 aliphatic heterocycles. The second-order valence-corrected chi connectivity index (χ2v) is 5.42. The van der Waals surface area contributed by atoms with Crippen molar-refractivity contribution in [3.63, 3.8) is 0 Å². The van der Waals surface area contributed by atoms with Gasteiger partial charge in [0.25, 0.3) is 0 Å². The van der Waals surface area contributed by atoms with Crippen LogP contribution in [0.5, 0.6) is 0 Å². The predicted molar refractivity (Wildman–Crippen MR) is 78.5 cm³/mol. The van der Waals surface area contributed by atoms with Gasteiger partial charge >= 0.3 is 0 Å². The molecule has 0 amide bonds. The third kappa shape index (κ3) is 2.19. The van der Waals surface area contributed by atoms with Crippen molar-refractivity contribution in [2.24, 2.45) is 0 Å². The van der Waals surface area contributed by atoms with Gasteiger partial charge in [0.1, 0.15) is 6.07 Å². The first-order chi connectivity index (χ1) is 8.54. The van der Waals surface area contributed by atoms with Gasteiger partial charge in [0.2, 0.25) is 0 Å². The van der Waals surface area contributed by atoms with Gasteiger partial charge in [-0.1, -0.05) is 34.1 Å². The number of aryl methyl sites for hydroxylation is 2. The number of nitrogens with zero attached hydrogens (tertiary/aromatic N) is 1. The molecule has 0 saturated heterocycles. The Balaban J connectivity index is 2.75. The lowest BCUT2D eigenvalue weighted by Crippen LogP contribution is -1.95. The molecule has 18 heavy (non-hydrogen) atoms. The highest BCUT2D eigenvalue weighted by Gasteiger charge is 2.12. The summed E-state index contributed by atoms with van der Waals surface area (Å²) >= 11 is 3.43. The lowest BCUT2D eigenvalue weighted by Gasteiger charge is -2.13. The topological polar surface area (TPSA) is 23.8 Å². The molecule has 2 rings (SSSR count). The van der Waals surface area contributed by atoms with Crippen LogP contribution in [0.25, 0.3) is 11.1 Å².